The quantitative estimate of drug-likeness (QED) is 0.761. The number of nitrogens with two attached hydrogens (primary N) is 1. The van der Waals surface area contributed by atoms with E-state index in [0.29, 0.717) is 5.56 Å². The lowest BCUT2D eigenvalue weighted by Gasteiger charge is -2.05. The molecule has 1 aromatic heterocycles. The molecule has 0 bridgehead atoms. The van der Waals surface area contributed by atoms with E-state index < -0.39 is 5.91 Å². The van der Waals surface area contributed by atoms with Crippen LogP contribution in [0, 0.1) is 6.92 Å². The summed E-state index contributed by atoms with van der Waals surface area (Å²) in [6.45, 7) is 3.98. The summed E-state index contributed by atoms with van der Waals surface area (Å²) in [5, 5.41) is 0. The van der Waals surface area contributed by atoms with Gasteiger partial charge in [0.05, 0.1) is 5.56 Å². The summed E-state index contributed by atoms with van der Waals surface area (Å²) in [7, 11) is 0. The molecule has 1 aromatic rings. The van der Waals surface area contributed by atoms with Gasteiger partial charge in [-0.05, 0) is 25.0 Å². The van der Waals surface area contributed by atoms with Crippen LogP contribution >= 0.6 is 0 Å². The number of carbonyl (C=O) groups excluding carboxylic acids is 1. The van der Waals surface area contributed by atoms with E-state index in [2.05, 4.69) is 11.9 Å². The molecule has 0 unspecified atom stereocenters. The van der Waals surface area contributed by atoms with Gasteiger partial charge in [0, 0.05) is 11.9 Å². The van der Waals surface area contributed by atoms with Crippen LogP contribution in [0.15, 0.2) is 12.3 Å². The van der Waals surface area contributed by atoms with Crippen LogP contribution in [0.25, 0.3) is 0 Å². The predicted octanol–water partition coefficient (Wildman–Crippen LogP) is 1.44. The van der Waals surface area contributed by atoms with E-state index in [-0.39, 0.29) is 0 Å². The maximum Gasteiger partial charge on any atom is 0.250 e. The third-order valence-corrected chi connectivity index (χ3v) is 1.91. The molecule has 0 radical (unpaired) electrons. The Bertz CT molecular complexity index is 321. The Labute approximate surface area is 78.0 Å². The van der Waals surface area contributed by atoms with Crippen molar-refractivity contribution in [2.75, 3.05) is 0 Å². The first kappa shape index (κ1) is 9.71. The SMILES string of the molecule is CCCc1cc(C)ncc1C(N)=O. The van der Waals surface area contributed by atoms with Gasteiger partial charge < -0.3 is 5.73 Å². The normalized spacial score (nSPS) is 10.0. The van der Waals surface area contributed by atoms with Crippen LogP contribution < -0.4 is 5.73 Å². The van der Waals surface area contributed by atoms with Crippen molar-refractivity contribution in [3.63, 3.8) is 0 Å². The molecular weight excluding hydrogens is 164 g/mol. The molecule has 3 nitrogen and oxygen atoms in total. The van der Waals surface area contributed by atoms with Crippen molar-refractivity contribution in [3.8, 4) is 0 Å². The highest BCUT2D eigenvalue weighted by Gasteiger charge is 2.07. The Morgan fingerprint density at radius 2 is 2.31 bits per heavy atom. The maximum atomic E-state index is 11.0. The van der Waals surface area contributed by atoms with Crippen LogP contribution in [0.3, 0.4) is 0 Å². The third kappa shape index (κ3) is 2.28. The van der Waals surface area contributed by atoms with Crippen molar-refractivity contribution in [2.24, 2.45) is 5.73 Å². The molecule has 0 fully saturated rings. The Kier molecular flexibility index (Phi) is 3.01. The molecule has 0 spiro atoms. The molecule has 0 aromatic carbocycles. The Morgan fingerprint density at radius 1 is 1.62 bits per heavy atom. The zero-order chi connectivity index (χ0) is 9.84. The number of pyridine rings is 1. The van der Waals surface area contributed by atoms with E-state index in [1.807, 2.05) is 13.0 Å². The second kappa shape index (κ2) is 4.03. The van der Waals surface area contributed by atoms with Crippen molar-refractivity contribution in [1.29, 1.82) is 0 Å². The summed E-state index contributed by atoms with van der Waals surface area (Å²) in [5.74, 6) is -0.393. The molecule has 1 heterocycles. The van der Waals surface area contributed by atoms with E-state index in [1.165, 1.54) is 0 Å². The monoisotopic (exact) mass is 178 g/mol. The minimum atomic E-state index is -0.393. The van der Waals surface area contributed by atoms with E-state index in [0.717, 1.165) is 24.1 Å². The minimum Gasteiger partial charge on any atom is -0.366 e. The van der Waals surface area contributed by atoms with Gasteiger partial charge in [0.2, 0.25) is 0 Å². The predicted molar refractivity (Wildman–Crippen MR) is 51.5 cm³/mol. The zero-order valence-corrected chi connectivity index (χ0v) is 8.00. The number of aryl methyl sites for hydroxylation is 2. The third-order valence-electron chi connectivity index (χ3n) is 1.91. The largest absolute Gasteiger partial charge is 0.366 e. The minimum absolute atomic E-state index is 0.393. The standard InChI is InChI=1S/C10H14N2O/c1-3-4-8-5-7(2)12-6-9(8)10(11)13/h5-6H,3-4H2,1-2H3,(H2,11,13). The fourth-order valence-electron chi connectivity index (χ4n) is 1.31. The van der Waals surface area contributed by atoms with E-state index >= 15 is 0 Å². The molecule has 3 heteroatoms. The summed E-state index contributed by atoms with van der Waals surface area (Å²) in [4.78, 5) is 15.0. The van der Waals surface area contributed by atoms with Gasteiger partial charge in [0.15, 0.2) is 0 Å². The fraction of sp³-hybridized carbons (Fsp3) is 0.400. The number of hydrogen-bond donors (Lipinski definition) is 1. The second-order valence-electron chi connectivity index (χ2n) is 3.10. The van der Waals surface area contributed by atoms with Crippen molar-refractivity contribution in [2.45, 2.75) is 26.7 Å². The number of nitrogens with zero attached hydrogens (tertiary/aromatic N) is 1. The number of aromatic nitrogens is 1. The first-order valence-electron chi connectivity index (χ1n) is 4.40. The van der Waals surface area contributed by atoms with Crippen molar-refractivity contribution >= 4 is 5.91 Å². The first-order valence-corrected chi connectivity index (χ1v) is 4.40. The first-order chi connectivity index (χ1) is 6.15. The van der Waals surface area contributed by atoms with Crippen LogP contribution in [-0.4, -0.2) is 10.9 Å². The highest BCUT2D eigenvalue weighted by Crippen LogP contribution is 2.10. The van der Waals surface area contributed by atoms with Gasteiger partial charge in [-0.2, -0.15) is 0 Å². The van der Waals surface area contributed by atoms with Gasteiger partial charge in [-0.25, -0.2) is 0 Å². The Morgan fingerprint density at radius 3 is 2.85 bits per heavy atom. The second-order valence-corrected chi connectivity index (χ2v) is 3.10. The molecule has 0 aliphatic carbocycles. The molecule has 70 valence electrons. The number of rotatable bonds is 3. The highest BCUT2D eigenvalue weighted by atomic mass is 16.1. The van der Waals surface area contributed by atoms with Gasteiger partial charge in [0.25, 0.3) is 5.91 Å². The smallest absolute Gasteiger partial charge is 0.250 e. The number of primary amides is 1. The lowest BCUT2D eigenvalue weighted by molar-refractivity contribution is 0.0999. The summed E-state index contributed by atoms with van der Waals surface area (Å²) in [6, 6.07) is 1.92. The average Bonchev–Trinajstić information content (AvgIpc) is 2.04. The Balaban J connectivity index is 3.10. The van der Waals surface area contributed by atoms with E-state index in [4.69, 9.17) is 5.73 Å². The highest BCUT2D eigenvalue weighted by molar-refractivity contribution is 5.94. The van der Waals surface area contributed by atoms with Crippen molar-refractivity contribution in [3.05, 3.63) is 29.1 Å². The summed E-state index contributed by atoms with van der Waals surface area (Å²) >= 11 is 0. The van der Waals surface area contributed by atoms with Crippen LogP contribution in [0.5, 0.6) is 0 Å². The topological polar surface area (TPSA) is 56.0 Å². The summed E-state index contributed by atoms with van der Waals surface area (Å²) in [6.07, 6.45) is 3.44. The number of hydrogen-bond acceptors (Lipinski definition) is 2. The lowest BCUT2D eigenvalue weighted by atomic mass is 10.0. The van der Waals surface area contributed by atoms with Crippen LogP contribution in [-0.2, 0) is 6.42 Å². The lowest BCUT2D eigenvalue weighted by Crippen LogP contribution is -2.14. The Hall–Kier alpha value is -1.38. The molecule has 1 rings (SSSR count). The number of amides is 1. The molecule has 1 amide bonds. The van der Waals surface area contributed by atoms with Gasteiger partial charge in [-0.15, -0.1) is 0 Å². The number of carbonyl (C=O) groups is 1. The molecule has 13 heavy (non-hydrogen) atoms. The van der Waals surface area contributed by atoms with Crippen molar-refractivity contribution < 1.29 is 4.79 Å². The van der Waals surface area contributed by atoms with Crippen LogP contribution in [0.1, 0.15) is 35.0 Å². The van der Waals surface area contributed by atoms with Gasteiger partial charge in [0.1, 0.15) is 0 Å². The maximum absolute atomic E-state index is 11.0. The van der Waals surface area contributed by atoms with Gasteiger partial charge >= 0.3 is 0 Å². The molecule has 0 atom stereocenters. The van der Waals surface area contributed by atoms with E-state index in [9.17, 15) is 4.79 Å². The molecular formula is C10H14N2O. The molecule has 0 saturated carbocycles. The molecule has 0 aliphatic heterocycles. The van der Waals surface area contributed by atoms with Crippen LogP contribution in [0.2, 0.25) is 0 Å². The summed E-state index contributed by atoms with van der Waals surface area (Å²) < 4.78 is 0. The molecule has 0 saturated heterocycles. The zero-order valence-electron chi connectivity index (χ0n) is 8.00. The fourth-order valence-corrected chi connectivity index (χ4v) is 1.31. The van der Waals surface area contributed by atoms with Gasteiger partial charge in [-0.1, -0.05) is 13.3 Å². The molecule has 2 N–H and O–H groups in total. The summed E-state index contributed by atoms with van der Waals surface area (Å²) in [5.41, 5.74) is 7.69. The van der Waals surface area contributed by atoms with Gasteiger partial charge in [-0.3, -0.25) is 9.78 Å². The molecule has 0 aliphatic rings. The average molecular weight is 178 g/mol. The van der Waals surface area contributed by atoms with Crippen molar-refractivity contribution in [1.82, 2.24) is 4.98 Å². The van der Waals surface area contributed by atoms with Crippen LogP contribution in [0.4, 0.5) is 0 Å². The van der Waals surface area contributed by atoms with E-state index in [1.54, 1.807) is 6.20 Å².